The number of carbonyl (C=O) groups excluding carboxylic acids is 3. The number of likely N-dealkylation sites (N-methyl/N-ethyl adjacent to an activating group) is 1. The van der Waals surface area contributed by atoms with Crippen molar-refractivity contribution in [1.29, 1.82) is 0 Å². The van der Waals surface area contributed by atoms with Crippen LogP contribution in [0.1, 0.15) is 19.8 Å². The molecule has 1 fully saturated rings. The number of hydrogen-bond donors (Lipinski definition) is 1. The summed E-state index contributed by atoms with van der Waals surface area (Å²) in [6.07, 6.45) is 5.18. The zero-order chi connectivity index (χ0) is 20.9. The summed E-state index contributed by atoms with van der Waals surface area (Å²) in [6.45, 7) is 1.15. The zero-order valence-electron chi connectivity index (χ0n) is 16.5. The molecule has 1 aliphatic rings. The maximum absolute atomic E-state index is 12.5. The number of Topliss-reactive ketones (excluding diaryl/α,β-unsaturated/α-hetero) is 1. The third-order valence-corrected chi connectivity index (χ3v) is 4.78. The van der Waals surface area contributed by atoms with E-state index in [1.807, 2.05) is 0 Å². The van der Waals surface area contributed by atoms with Gasteiger partial charge in [-0.05, 0) is 12.8 Å². The van der Waals surface area contributed by atoms with Gasteiger partial charge < -0.3 is 19.3 Å². The van der Waals surface area contributed by atoms with E-state index in [-0.39, 0.29) is 61.4 Å². The molecular formula is C15H22N5NaO7S. The number of aromatic nitrogens is 2. The Kier molecular flexibility index (Phi) is 9.88. The summed E-state index contributed by atoms with van der Waals surface area (Å²) < 4.78 is 38.1. The number of carbonyl (C=O) groups is 3. The van der Waals surface area contributed by atoms with Crippen molar-refractivity contribution in [3.8, 4) is 0 Å². The summed E-state index contributed by atoms with van der Waals surface area (Å²) in [5.41, 5.74) is 0. The van der Waals surface area contributed by atoms with E-state index < -0.39 is 34.3 Å². The first-order valence-electron chi connectivity index (χ1n) is 8.47. The minimum atomic E-state index is -4.93. The number of nitrogens with one attached hydrogen (secondary N) is 1. The maximum atomic E-state index is 12.5. The fraction of sp³-hybridized carbons (Fsp3) is 0.600. The Hall–Kier alpha value is -1.35. The van der Waals surface area contributed by atoms with Gasteiger partial charge in [-0.2, -0.15) is 9.35 Å². The van der Waals surface area contributed by atoms with Crippen molar-refractivity contribution in [3.05, 3.63) is 18.7 Å². The van der Waals surface area contributed by atoms with Crippen LogP contribution in [-0.4, -0.2) is 82.3 Å². The SMILES string of the molecule is CC(=O)N1C[C@H](N(C)OS(=O)(=O)[O-])CC[C@H]1C(=O)NCC(=O)Cn1ccnc1.[Na+]. The molecule has 0 saturated carbocycles. The number of imidazole rings is 1. The van der Waals surface area contributed by atoms with Crippen LogP contribution in [0.4, 0.5) is 0 Å². The van der Waals surface area contributed by atoms with Crippen molar-refractivity contribution in [3.63, 3.8) is 0 Å². The van der Waals surface area contributed by atoms with E-state index in [1.54, 1.807) is 10.8 Å². The molecule has 1 saturated heterocycles. The Balaban J connectivity index is 0.00000420. The van der Waals surface area contributed by atoms with Crippen LogP contribution < -0.4 is 34.9 Å². The van der Waals surface area contributed by atoms with Crippen molar-refractivity contribution in [2.45, 2.75) is 38.4 Å². The second-order valence-electron chi connectivity index (χ2n) is 6.44. The van der Waals surface area contributed by atoms with E-state index in [0.29, 0.717) is 6.42 Å². The number of amides is 2. The van der Waals surface area contributed by atoms with E-state index in [9.17, 15) is 27.4 Å². The fourth-order valence-electron chi connectivity index (χ4n) is 3.02. The van der Waals surface area contributed by atoms with Crippen molar-refractivity contribution in [2.24, 2.45) is 0 Å². The van der Waals surface area contributed by atoms with E-state index in [0.717, 1.165) is 5.06 Å². The second kappa shape index (κ2) is 11.2. The smallest absolute Gasteiger partial charge is 0.724 e. The van der Waals surface area contributed by atoms with Gasteiger partial charge in [-0.25, -0.2) is 13.4 Å². The van der Waals surface area contributed by atoms with Crippen LogP contribution in [0.25, 0.3) is 0 Å². The number of nitrogens with zero attached hydrogens (tertiary/aromatic N) is 4. The van der Waals surface area contributed by atoms with Gasteiger partial charge in [0.1, 0.15) is 6.04 Å². The molecule has 14 heteroatoms. The molecular weight excluding hydrogens is 417 g/mol. The molecule has 12 nitrogen and oxygen atoms in total. The van der Waals surface area contributed by atoms with Gasteiger partial charge >= 0.3 is 29.6 Å². The zero-order valence-corrected chi connectivity index (χ0v) is 19.3. The van der Waals surface area contributed by atoms with Gasteiger partial charge in [0.2, 0.25) is 22.2 Å². The summed E-state index contributed by atoms with van der Waals surface area (Å²) in [6, 6.07) is -1.37. The van der Waals surface area contributed by atoms with Crippen LogP contribution in [0.15, 0.2) is 18.7 Å². The molecule has 0 aliphatic carbocycles. The summed E-state index contributed by atoms with van der Waals surface area (Å²) in [7, 11) is -3.66. The minimum absolute atomic E-state index is 0. The number of piperidine rings is 1. The fourth-order valence-corrected chi connectivity index (χ4v) is 3.43. The predicted octanol–water partition coefficient (Wildman–Crippen LogP) is -4.72. The Morgan fingerprint density at radius 3 is 2.59 bits per heavy atom. The van der Waals surface area contributed by atoms with Crippen molar-refractivity contribution >= 4 is 28.0 Å². The molecule has 0 radical (unpaired) electrons. The first-order valence-corrected chi connectivity index (χ1v) is 9.80. The Labute approximate surface area is 190 Å². The summed E-state index contributed by atoms with van der Waals surface area (Å²) in [5, 5.41) is 3.40. The first kappa shape index (κ1) is 25.7. The van der Waals surface area contributed by atoms with Crippen LogP contribution in [0.3, 0.4) is 0 Å². The van der Waals surface area contributed by atoms with Gasteiger partial charge in [-0.1, -0.05) is 0 Å². The third-order valence-electron chi connectivity index (χ3n) is 4.37. The van der Waals surface area contributed by atoms with Gasteiger partial charge in [0, 0.05) is 32.9 Å². The van der Waals surface area contributed by atoms with Crippen molar-refractivity contribution in [2.75, 3.05) is 20.1 Å². The average molecular weight is 439 g/mol. The number of hydroxylamine groups is 2. The van der Waals surface area contributed by atoms with E-state index >= 15 is 0 Å². The maximum Gasteiger partial charge on any atom is 1.00 e. The van der Waals surface area contributed by atoms with Gasteiger partial charge in [0.05, 0.1) is 25.5 Å². The molecule has 1 aromatic rings. The molecule has 29 heavy (non-hydrogen) atoms. The molecule has 1 aliphatic heterocycles. The number of ketones is 1. The molecule has 2 amide bonds. The molecule has 0 bridgehead atoms. The Morgan fingerprint density at radius 2 is 2.03 bits per heavy atom. The topological polar surface area (TPSA) is 154 Å². The molecule has 0 aromatic carbocycles. The summed E-state index contributed by atoms with van der Waals surface area (Å²) in [4.78, 5) is 41.4. The largest absolute Gasteiger partial charge is 1.00 e. The summed E-state index contributed by atoms with van der Waals surface area (Å²) in [5.74, 6) is -1.11. The molecule has 2 heterocycles. The van der Waals surface area contributed by atoms with Crippen LogP contribution in [0, 0.1) is 0 Å². The normalized spacial score (nSPS) is 19.5. The van der Waals surface area contributed by atoms with E-state index in [2.05, 4.69) is 14.6 Å². The standard InChI is InChI=1S/C15H23N5O7S.Na/c1-11(21)20-8-12(18(2)27-28(24,25)26)3-4-14(20)15(23)17-7-13(22)9-19-6-5-16-10-19;/h5-6,10,12,14H,3-4,7-9H2,1-2H3,(H,17,23)(H,24,25,26);/q;+1/p-1/t12-,14+;/m1./s1. The van der Waals surface area contributed by atoms with Crippen LogP contribution >= 0.6 is 0 Å². The first-order chi connectivity index (χ1) is 13.1. The average Bonchev–Trinajstić information content (AvgIpc) is 3.10. The van der Waals surface area contributed by atoms with Crippen LogP contribution in [0.5, 0.6) is 0 Å². The van der Waals surface area contributed by atoms with Crippen molar-refractivity contribution < 1.29 is 61.2 Å². The minimum Gasteiger partial charge on any atom is -0.724 e. The van der Waals surface area contributed by atoms with Crippen LogP contribution in [0.2, 0.25) is 0 Å². The van der Waals surface area contributed by atoms with E-state index in [4.69, 9.17) is 0 Å². The molecule has 2 rings (SSSR count). The number of hydrogen-bond acceptors (Lipinski definition) is 9. The molecule has 0 spiro atoms. The molecule has 156 valence electrons. The van der Waals surface area contributed by atoms with Crippen LogP contribution in [-0.2, 0) is 35.6 Å². The number of likely N-dealkylation sites (tertiary alicyclic amines) is 1. The second-order valence-corrected chi connectivity index (χ2v) is 7.40. The van der Waals surface area contributed by atoms with Gasteiger partial charge in [0.15, 0.2) is 5.78 Å². The Bertz CT molecular complexity index is 817. The Morgan fingerprint density at radius 1 is 1.34 bits per heavy atom. The van der Waals surface area contributed by atoms with Crippen molar-refractivity contribution in [1.82, 2.24) is 24.8 Å². The molecule has 0 unspecified atom stereocenters. The molecule has 2 atom stereocenters. The molecule has 1 aromatic heterocycles. The van der Waals surface area contributed by atoms with Gasteiger partial charge in [-0.15, -0.1) is 0 Å². The van der Waals surface area contributed by atoms with Gasteiger partial charge in [0.25, 0.3) is 0 Å². The number of rotatable bonds is 8. The monoisotopic (exact) mass is 439 g/mol. The van der Waals surface area contributed by atoms with Gasteiger partial charge in [-0.3, -0.25) is 14.4 Å². The predicted molar refractivity (Wildman–Crippen MR) is 93.0 cm³/mol. The molecule has 1 N–H and O–H groups in total. The summed E-state index contributed by atoms with van der Waals surface area (Å²) >= 11 is 0. The third kappa shape index (κ3) is 8.12. The quantitative estimate of drug-likeness (QED) is 0.182. The van der Waals surface area contributed by atoms with E-state index in [1.165, 1.54) is 31.4 Å².